The van der Waals surface area contributed by atoms with Crippen molar-refractivity contribution in [2.75, 3.05) is 0 Å². The fraction of sp³-hybridized carbons (Fsp3) is 0. The lowest BCUT2D eigenvalue weighted by atomic mass is 10.6. The molecule has 0 fully saturated rings. The third kappa shape index (κ3) is 2.03. The first-order valence-electron chi connectivity index (χ1n) is 5.40. The number of fused-ring (bicyclic) bond motifs is 2. The van der Waals surface area contributed by atoms with E-state index in [0.717, 1.165) is 11.3 Å². The second kappa shape index (κ2) is 4.62. The maximum atomic E-state index is 4.04. The molecule has 0 spiro atoms. The first-order valence-corrected chi connectivity index (χ1v) is 5.40. The minimum atomic E-state index is 0.887. The van der Waals surface area contributed by atoms with E-state index in [9.17, 15) is 0 Å². The van der Waals surface area contributed by atoms with Crippen LogP contribution in [0.2, 0.25) is 0 Å². The van der Waals surface area contributed by atoms with Crippen molar-refractivity contribution >= 4 is 11.3 Å². The van der Waals surface area contributed by atoms with Crippen LogP contribution in [0.25, 0.3) is 11.3 Å². The van der Waals surface area contributed by atoms with Gasteiger partial charge in [0.15, 0.2) is 5.65 Å². The van der Waals surface area contributed by atoms with Gasteiger partial charge in [-0.05, 0) is 18.2 Å². The van der Waals surface area contributed by atoms with Crippen LogP contribution in [-0.4, -0.2) is 29.0 Å². The summed E-state index contributed by atoms with van der Waals surface area (Å²) < 4.78 is 3.58. The molecule has 0 aromatic carbocycles. The summed E-state index contributed by atoms with van der Waals surface area (Å²) in [5, 5.41) is 4.00. The molecule has 4 aromatic rings. The highest BCUT2D eigenvalue weighted by atomic mass is 15.2. The molecular weight excluding hydrogens is 228 g/mol. The molecule has 6 nitrogen and oxygen atoms in total. The van der Waals surface area contributed by atoms with E-state index in [1.165, 1.54) is 0 Å². The lowest BCUT2D eigenvalue weighted by molar-refractivity contribution is 0.936. The van der Waals surface area contributed by atoms with Crippen LogP contribution < -0.4 is 0 Å². The van der Waals surface area contributed by atoms with Crippen LogP contribution >= 0.6 is 0 Å². The molecule has 0 unspecified atom stereocenters. The molecule has 4 aromatic heterocycles. The van der Waals surface area contributed by atoms with E-state index >= 15 is 0 Å². The number of imidazole rings is 2. The minimum absolute atomic E-state index is 0.887. The second-order valence-corrected chi connectivity index (χ2v) is 3.53. The smallest absolute Gasteiger partial charge is 0.153 e. The van der Waals surface area contributed by atoms with Crippen LogP contribution in [0.5, 0.6) is 0 Å². The molecule has 18 heavy (non-hydrogen) atoms. The first kappa shape index (κ1) is 10.4. The Hall–Kier alpha value is -2.76. The van der Waals surface area contributed by atoms with Gasteiger partial charge in [-0.15, -0.1) is 0 Å². The number of aromatic nitrogens is 6. The van der Waals surface area contributed by atoms with Crippen molar-refractivity contribution < 1.29 is 0 Å². The van der Waals surface area contributed by atoms with Gasteiger partial charge in [0.2, 0.25) is 0 Å². The third-order valence-electron chi connectivity index (χ3n) is 2.37. The maximum Gasteiger partial charge on any atom is 0.153 e. The van der Waals surface area contributed by atoms with Gasteiger partial charge >= 0.3 is 0 Å². The Kier molecular flexibility index (Phi) is 2.67. The van der Waals surface area contributed by atoms with Crippen LogP contribution in [0.4, 0.5) is 0 Å². The van der Waals surface area contributed by atoms with Crippen molar-refractivity contribution in [3.05, 3.63) is 61.7 Å². The summed E-state index contributed by atoms with van der Waals surface area (Å²) in [5.74, 6) is 0. The van der Waals surface area contributed by atoms with Crippen molar-refractivity contribution in [3.8, 4) is 0 Å². The molecule has 0 bridgehead atoms. The summed E-state index contributed by atoms with van der Waals surface area (Å²) in [4.78, 5) is 12.0. The molecule has 0 aliphatic rings. The van der Waals surface area contributed by atoms with Gasteiger partial charge < -0.3 is 0 Å². The van der Waals surface area contributed by atoms with E-state index in [2.05, 4.69) is 20.1 Å². The van der Waals surface area contributed by atoms with Gasteiger partial charge in [0.25, 0.3) is 0 Å². The van der Waals surface area contributed by atoms with Crippen molar-refractivity contribution in [1.29, 1.82) is 0 Å². The molecule has 0 N–H and O–H groups in total. The maximum absolute atomic E-state index is 4.04. The highest BCUT2D eigenvalue weighted by Gasteiger charge is 1.87. The number of hydrogen-bond acceptors (Lipinski definition) is 4. The van der Waals surface area contributed by atoms with Crippen LogP contribution in [0.15, 0.2) is 61.7 Å². The molecule has 0 amide bonds. The standard InChI is InChI=1S/2C6H5N3/c1-2-7-5-9-4-3-8-6(1)9;1-2-6-7-4-5-9(6)8-3-1/h2*1-5H. The van der Waals surface area contributed by atoms with Crippen molar-refractivity contribution in [1.82, 2.24) is 29.0 Å². The average Bonchev–Trinajstić information content (AvgIpc) is 3.08. The number of hydrogen-bond donors (Lipinski definition) is 0. The quantitative estimate of drug-likeness (QED) is 0.465. The van der Waals surface area contributed by atoms with E-state index < -0.39 is 0 Å². The van der Waals surface area contributed by atoms with Gasteiger partial charge in [0, 0.05) is 37.2 Å². The van der Waals surface area contributed by atoms with E-state index in [1.807, 2.05) is 35.0 Å². The molecule has 0 radical (unpaired) electrons. The molecule has 0 aliphatic heterocycles. The van der Waals surface area contributed by atoms with Crippen LogP contribution in [0.1, 0.15) is 0 Å². The fourth-order valence-electron chi connectivity index (χ4n) is 1.54. The van der Waals surface area contributed by atoms with Gasteiger partial charge in [-0.25, -0.2) is 19.5 Å². The predicted octanol–water partition coefficient (Wildman–Crippen LogP) is 1.46. The first-order chi connectivity index (χ1) is 8.93. The molecule has 6 heteroatoms. The molecule has 0 atom stereocenters. The average molecular weight is 238 g/mol. The molecule has 4 rings (SSSR count). The van der Waals surface area contributed by atoms with E-state index in [4.69, 9.17) is 0 Å². The molecule has 0 saturated heterocycles. The van der Waals surface area contributed by atoms with Gasteiger partial charge in [-0.1, -0.05) is 0 Å². The summed E-state index contributed by atoms with van der Waals surface area (Å²) >= 11 is 0. The Balaban J connectivity index is 0.000000111. The Morgan fingerprint density at radius 3 is 2.61 bits per heavy atom. The second-order valence-electron chi connectivity index (χ2n) is 3.53. The molecule has 0 aliphatic carbocycles. The van der Waals surface area contributed by atoms with Gasteiger partial charge in [-0.2, -0.15) is 5.10 Å². The van der Waals surface area contributed by atoms with Gasteiger partial charge in [-0.3, -0.25) is 4.40 Å². The Bertz CT molecular complexity index is 631. The number of rotatable bonds is 0. The normalized spacial score (nSPS) is 10.2. The van der Waals surface area contributed by atoms with E-state index in [0.29, 0.717) is 0 Å². The largest absolute Gasteiger partial charge is 0.290 e. The summed E-state index contributed by atoms with van der Waals surface area (Å²) in [6, 6.07) is 5.63. The molecule has 4 heterocycles. The third-order valence-corrected chi connectivity index (χ3v) is 2.37. The lowest BCUT2D eigenvalue weighted by Crippen LogP contribution is -1.85. The molecular formula is C12H10N6. The zero-order valence-electron chi connectivity index (χ0n) is 9.46. The van der Waals surface area contributed by atoms with Crippen LogP contribution in [0.3, 0.4) is 0 Å². The van der Waals surface area contributed by atoms with Crippen molar-refractivity contribution in [3.63, 3.8) is 0 Å². The summed E-state index contributed by atoms with van der Waals surface area (Å²) in [5.41, 5.74) is 1.82. The fourth-order valence-corrected chi connectivity index (χ4v) is 1.54. The zero-order chi connectivity index (χ0) is 12.2. The van der Waals surface area contributed by atoms with Crippen LogP contribution in [-0.2, 0) is 0 Å². The molecule has 0 saturated carbocycles. The summed E-state index contributed by atoms with van der Waals surface area (Å²) in [6.45, 7) is 0. The summed E-state index contributed by atoms with van der Waals surface area (Å²) in [6.07, 6.45) is 12.3. The minimum Gasteiger partial charge on any atom is -0.290 e. The Labute approximate surface area is 103 Å². The predicted molar refractivity (Wildman–Crippen MR) is 66.0 cm³/mol. The SMILES string of the molecule is c1cc2nccn2cn1.c1cnn2ccnc2c1. The monoisotopic (exact) mass is 238 g/mol. The van der Waals surface area contributed by atoms with Crippen molar-refractivity contribution in [2.24, 2.45) is 0 Å². The topological polar surface area (TPSA) is 60.4 Å². The highest BCUT2D eigenvalue weighted by molar-refractivity contribution is 5.35. The highest BCUT2D eigenvalue weighted by Crippen LogP contribution is 1.94. The van der Waals surface area contributed by atoms with Gasteiger partial charge in [0.1, 0.15) is 12.0 Å². The Morgan fingerprint density at radius 1 is 0.833 bits per heavy atom. The van der Waals surface area contributed by atoms with Gasteiger partial charge in [0.05, 0.1) is 0 Å². The van der Waals surface area contributed by atoms with Crippen molar-refractivity contribution in [2.45, 2.75) is 0 Å². The summed E-state index contributed by atoms with van der Waals surface area (Å²) in [7, 11) is 0. The number of nitrogens with zero attached hydrogens (tertiary/aromatic N) is 6. The van der Waals surface area contributed by atoms with E-state index in [-0.39, 0.29) is 0 Å². The lowest BCUT2D eigenvalue weighted by Gasteiger charge is -1.85. The Morgan fingerprint density at radius 2 is 1.72 bits per heavy atom. The van der Waals surface area contributed by atoms with Crippen LogP contribution in [0, 0.1) is 0 Å². The van der Waals surface area contributed by atoms with E-state index in [1.54, 1.807) is 35.6 Å². The molecule has 88 valence electrons. The zero-order valence-corrected chi connectivity index (χ0v) is 9.46.